The summed E-state index contributed by atoms with van der Waals surface area (Å²) in [5, 5.41) is 7.98. The Hall–Kier alpha value is -2.89. The molecular formula is C15H16N4O2. The van der Waals surface area contributed by atoms with Crippen LogP contribution in [-0.4, -0.2) is 16.9 Å². The summed E-state index contributed by atoms with van der Waals surface area (Å²) in [6, 6.07) is 11.9. The first-order valence-corrected chi connectivity index (χ1v) is 6.42. The Labute approximate surface area is 122 Å². The summed E-state index contributed by atoms with van der Waals surface area (Å²) in [5.74, 6) is 0.311. The third kappa shape index (κ3) is 4.61. The molecule has 0 atom stereocenters. The Morgan fingerprint density at radius 2 is 1.62 bits per heavy atom. The van der Waals surface area contributed by atoms with Crippen LogP contribution in [0.15, 0.2) is 42.5 Å². The number of hydrogen-bond acceptors (Lipinski definition) is 3. The maximum Gasteiger partial charge on any atom is 0.324 e. The summed E-state index contributed by atoms with van der Waals surface area (Å²) in [7, 11) is 0. The summed E-state index contributed by atoms with van der Waals surface area (Å²) in [6.07, 6.45) is 0. The number of pyridine rings is 1. The molecule has 108 valence electrons. The number of nitrogens with zero attached hydrogens (tertiary/aromatic N) is 1. The molecule has 2 aromatic rings. The van der Waals surface area contributed by atoms with Gasteiger partial charge in [-0.3, -0.25) is 10.1 Å². The summed E-state index contributed by atoms with van der Waals surface area (Å²) >= 11 is 0. The van der Waals surface area contributed by atoms with Crippen molar-refractivity contribution in [3.8, 4) is 0 Å². The van der Waals surface area contributed by atoms with Crippen LogP contribution in [0.5, 0.6) is 0 Å². The van der Waals surface area contributed by atoms with E-state index in [1.807, 2.05) is 19.1 Å². The monoisotopic (exact) mass is 284 g/mol. The lowest BCUT2D eigenvalue weighted by atomic mass is 10.2. The smallest absolute Gasteiger partial charge is 0.324 e. The molecule has 6 nitrogen and oxygen atoms in total. The van der Waals surface area contributed by atoms with Crippen molar-refractivity contribution in [2.75, 3.05) is 16.0 Å². The molecular weight excluding hydrogens is 268 g/mol. The second-order valence-corrected chi connectivity index (χ2v) is 4.51. The van der Waals surface area contributed by atoms with E-state index in [0.717, 1.165) is 5.69 Å². The summed E-state index contributed by atoms with van der Waals surface area (Å²) in [5.41, 5.74) is 2.01. The Balaban J connectivity index is 2.01. The van der Waals surface area contributed by atoms with Crippen LogP contribution in [-0.2, 0) is 4.79 Å². The van der Waals surface area contributed by atoms with Crippen molar-refractivity contribution < 1.29 is 9.59 Å². The van der Waals surface area contributed by atoms with E-state index in [9.17, 15) is 9.59 Å². The number of rotatable bonds is 3. The van der Waals surface area contributed by atoms with Crippen molar-refractivity contribution in [2.45, 2.75) is 13.8 Å². The molecule has 0 saturated heterocycles. The zero-order chi connectivity index (χ0) is 15.2. The minimum Gasteiger partial charge on any atom is -0.326 e. The Kier molecular flexibility index (Phi) is 4.50. The predicted molar refractivity (Wildman–Crippen MR) is 82.4 cm³/mol. The van der Waals surface area contributed by atoms with E-state index in [4.69, 9.17) is 0 Å². The van der Waals surface area contributed by atoms with Crippen molar-refractivity contribution in [1.82, 2.24) is 4.98 Å². The third-order valence-corrected chi connectivity index (χ3v) is 2.57. The predicted octanol–water partition coefficient (Wildman–Crippen LogP) is 2.99. The molecule has 0 fully saturated rings. The number of nitrogens with one attached hydrogen (secondary N) is 3. The SMILES string of the molecule is CC(=O)Nc1cccc(NC(=O)Nc2cccc(C)n2)c1. The van der Waals surface area contributed by atoms with Crippen LogP contribution >= 0.6 is 0 Å². The van der Waals surface area contributed by atoms with Gasteiger partial charge >= 0.3 is 6.03 Å². The first-order valence-electron chi connectivity index (χ1n) is 6.42. The molecule has 0 spiro atoms. The molecule has 0 radical (unpaired) electrons. The maximum atomic E-state index is 11.9. The van der Waals surface area contributed by atoms with Crippen LogP contribution in [0.25, 0.3) is 0 Å². The number of aryl methyl sites for hydroxylation is 1. The van der Waals surface area contributed by atoms with Gasteiger partial charge in [0.05, 0.1) is 0 Å². The number of amides is 3. The second kappa shape index (κ2) is 6.51. The Bertz CT molecular complexity index is 670. The molecule has 0 bridgehead atoms. The lowest BCUT2D eigenvalue weighted by Crippen LogP contribution is -2.20. The van der Waals surface area contributed by atoms with Gasteiger partial charge in [-0.05, 0) is 37.3 Å². The van der Waals surface area contributed by atoms with Gasteiger partial charge in [0.2, 0.25) is 5.91 Å². The normalized spacial score (nSPS) is 9.81. The molecule has 3 amide bonds. The zero-order valence-corrected chi connectivity index (χ0v) is 11.8. The van der Waals surface area contributed by atoms with Crippen molar-refractivity contribution in [3.63, 3.8) is 0 Å². The van der Waals surface area contributed by atoms with Gasteiger partial charge in [-0.15, -0.1) is 0 Å². The standard InChI is InChI=1S/C15H16N4O2/c1-10-5-3-8-14(16-10)19-15(21)18-13-7-4-6-12(9-13)17-11(2)20/h3-9H,1-2H3,(H,17,20)(H2,16,18,19,21). The van der Waals surface area contributed by atoms with Crippen LogP contribution < -0.4 is 16.0 Å². The molecule has 0 aliphatic rings. The van der Waals surface area contributed by atoms with Gasteiger partial charge in [0.15, 0.2) is 0 Å². The molecule has 2 rings (SSSR count). The number of urea groups is 1. The number of anilines is 3. The molecule has 3 N–H and O–H groups in total. The van der Waals surface area contributed by atoms with Crippen LogP contribution in [0.3, 0.4) is 0 Å². The van der Waals surface area contributed by atoms with E-state index in [-0.39, 0.29) is 5.91 Å². The van der Waals surface area contributed by atoms with E-state index in [1.165, 1.54) is 6.92 Å². The molecule has 0 unspecified atom stereocenters. The van der Waals surface area contributed by atoms with Crippen LogP contribution in [0, 0.1) is 6.92 Å². The maximum absolute atomic E-state index is 11.9. The summed E-state index contributed by atoms with van der Waals surface area (Å²) < 4.78 is 0. The summed E-state index contributed by atoms with van der Waals surface area (Å²) in [4.78, 5) is 27.1. The highest BCUT2D eigenvalue weighted by atomic mass is 16.2. The number of hydrogen-bond donors (Lipinski definition) is 3. The van der Waals surface area contributed by atoms with Crippen molar-refractivity contribution in [2.24, 2.45) is 0 Å². The molecule has 1 heterocycles. The molecule has 0 aliphatic carbocycles. The van der Waals surface area contributed by atoms with Crippen molar-refractivity contribution in [3.05, 3.63) is 48.2 Å². The van der Waals surface area contributed by atoms with E-state index >= 15 is 0 Å². The van der Waals surface area contributed by atoms with Gasteiger partial charge < -0.3 is 10.6 Å². The average Bonchev–Trinajstić information content (AvgIpc) is 2.37. The minimum absolute atomic E-state index is 0.166. The molecule has 6 heteroatoms. The first kappa shape index (κ1) is 14.5. The summed E-state index contributed by atoms with van der Waals surface area (Å²) in [6.45, 7) is 3.27. The Morgan fingerprint density at radius 1 is 0.952 bits per heavy atom. The lowest BCUT2D eigenvalue weighted by molar-refractivity contribution is -0.114. The van der Waals surface area contributed by atoms with Gasteiger partial charge in [0.25, 0.3) is 0 Å². The quantitative estimate of drug-likeness (QED) is 0.810. The number of benzene rings is 1. The first-order chi connectivity index (χ1) is 10.0. The molecule has 21 heavy (non-hydrogen) atoms. The van der Waals surface area contributed by atoms with Gasteiger partial charge in [-0.25, -0.2) is 9.78 Å². The highest BCUT2D eigenvalue weighted by Crippen LogP contribution is 2.15. The van der Waals surface area contributed by atoms with Crippen molar-refractivity contribution in [1.29, 1.82) is 0 Å². The van der Waals surface area contributed by atoms with Crippen LogP contribution in [0.1, 0.15) is 12.6 Å². The van der Waals surface area contributed by atoms with Crippen LogP contribution in [0.2, 0.25) is 0 Å². The molecule has 1 aromatic heterocycles. The molecule has 1 aromatic carbocycles. The number of aromatic nitrogens is 1. The van der Waals surface area contributed by atoms with E-state index < -0.39 is 6.03 Å². The molecule has 0 aliphatic heterocycles. The highest BCUT2D eigenvalue weighted by Gasteiger charge is 2.04. The van der Waals surface area contributed by atoms with Gasteiger partial charge in [0, 0.05) is 24.0 Å². The fraction of sp³-hybridized carbons (Fsp3) is 0.133. The topological polar surface area (TPSA) is 83.1 Å². The van der Waals surface area contributed by atoms with E-state index in [1.54, 1.807) is 30.3 Å². The number of carbonyl (C=O) groups excluding carboxylic acids is 2. The number of carbonyl (C=O) groups is 2. The average molecular weight is 284 g/mol. The van der Waals surface area contributed by atoms with Crippen LogP contribution in [0.4, 0.5) is 22.0 Å². The minimum atomic E-state index is -0.395. The van der Waals surface area contributed by atoms with Gasteiger partial charge in [0.1, 0.15) is 5.82 Å². The third-order valence-electron chi connectivity index (χ3n) is 2.57. The van der Waals surface area contributed by atoms with Gasteiger partial charge in [-0.2, -0.15) is 0 Å². The van der Waals surface area contributed by atoms with E-state index in [2.05, 4.69) is 20.9 Å². The van der Waals surface area contributed by atoms with Gasteiger partial charge in [-0.1, -0.05) is 12.1 Å². The fourth-order valence-corrected chi connectivity index (χ4v) is 1.77. The largest absolute Gasteiger partial charge is 0.326 e. The van der Waals surface area contributed by atoms with Crippen molar-refractivity contribution >= 4 is 29.1 Å². The molecule has 0 saturated carbocycles. The zero-order valence-electron chi connectivity index (χ0n) is 11.8. The lowest BCUT2D eigenvalue weighted by Gasteiger charge is -2.09. The Morgan fingerprint density at radius 3 is 2.29 bits per heavy atom. The highest BCUT2D eigenvalue weighted by molar-refractivity contribution is 5.99. The second-order valence-electron chi connectivity index (χ2n) is 4.51. The van der Waals surface area contributed by atoms with E-state index in [0.29, 0.717) is 17.2 Å². The fourth-order valence-electron chi connectivity index (χ4n) is 1.77.